The molecule has 0 aliphatic heterocycles. The molecule has 0 saturated heterocycles. The number of carbonyl (C=O) groups is 1. The van der Waals surface area contributed by atoms with Gasteiger partial charge in [-0.05, 0) is 66.7 Å². The Kier molecular flexibility index (Phi) is 8.47. The lowest BCUT2D eigenvalue weighted by atomic mass is 10.3. The van der Waals surface area contributed by atoms with Crippen LogP contribution in [0.2, 0.25) is 10.0 Å². The van der Waals surface area contributed by atoms with Crippen molar-refractivity contribution in [2.45, 2.75) is 4.90 Å². The topological polar surface area (TPSA) is 116 Å². The summed E-state index contributed by atoms with van der Waals surface area (Å²) in [6, 6.07) is 14.1. The fraction of sp³-hybridized carbons (Fsp3) is 0.136. The van der Waals surface area contributed by atoms with Crippen LogP contribution in [-0.4, -0.2) is 47.7 Å². The van der Waals surface area contributed by atoms with Crippen LogP contribution in [0, 0.1) is 5.82 Å². The van der Waals surface area contributed by atoms with E-state index in [1.165, 1.54) is 68.7 Å². The van der Waals surface area contributed by atoms with E-state index in [0.717, 1.165) is 20.7 Å². The number of hydrogen-bond donors (Lipinski definition) is 2. The van der Waals surface area contributed by atoms with Gasteiger partial charge in [-0.2, -0.15) is 12.7 Å². The van der Waals surface area contributed by atoms with Gasteiger partial charge in [-0.3, -0.25) is 9.52 Å². The highest BCUT2D eigenvalue weighted by atomic mass is 35.5. The molecule has 3 rings (SSSR count). The largest absolute Gasteiger partial charge is 0.325 e. The first kappa shape index (κ1) is 27.7. The summed E-state index contributed by atoms with van der Waals surface area (Å²) in [7, 11) is -5.46. The van der Waals surface area contributed by atoms with E-state index in [1.807, 2.05) is 0 Å². The molecule has 3 aromatic rings. The molecule has 0 heterocycles. The van der Waals surface area contributed by atoms with Gasteiger partial charge in [0.15, 0.2) is 0 Å². The van der Waals surface area contributed by atoms with Gasteiger partial charge in [0, 0.05) is 29.8 Å². The molecule has 14 heteroatoms. The van der Waals surface area contributed by atoms with E-state index >= 15 is 0 Å². The number of sulfonamides is 1. The number of amides is 1. The SMILES string of the molecule is CN(C)S(=O)(=O)N(CC(=O)Nc1ccc(S(=O)(=O)Nc2cc(Cl)cc(Cl)c2)cc1)c1ccc(F)cc1. The zero-order chi connectivity index (χ0) is 26.7. The molecule has 1 amide bonds. The summed E-state index contributed by atoms with van der Waals surface area (Å²) in [5, 5.41) is 3.03. The lowest BCUT2D eigenvalue weighted by Gasteiger charge is -2.26. The van der Waals surface area contributed by atoms with Crippen LogP contribution in [0.1, 0.15) is 0 Å². The standard InChI is InChI=1S/C22H21Cl2FN4O5S2/c1-28(2)36(33,34)29(20-7-3-17(25)4-8-20)14-22(30)26-18-5-9-21(10-6-18)35(31,32)27-19-12-15(23)11-16(24)13-19/h3-13,27H,14H2,1-2H3,(H,26,30). The van der Waals surface area contributed by atoms with Crippen molar-refractivity contribution in [1.29, 1.82) is 0 Å². The van der Waals surface area contributed by atoms with Gasteiger partial charge in [0.1, 0.15) is 12.4 Å². The highest BCUT2D eigenvalue weighted by molar-refractivity contribution is 7.92. The second-order valence-corrected chi connectivity index (χ2v) is 12.2. The first-order valence-electron chi connectivity index (χ1n) is 10.1. The Morgan fingerprint density at radius 2 is 1.42 bits per heavy atom. The third-order valence-electron chi connectivity index (χ3n) is 4.70. The van der Waals surface area contributed by atoms with Gasteiger partial charge in [-0.25, -0.2) is 17.1 Å². The molecule has 0 spiro atoms. The number of anilines is 3. The molecule has 9 nitrogen and oxygen atoms in total. The van der Waals surface area contributed by atoms with Crippen molar-refractivity contribution >= 4 is 66.4 Å². The van der Waals surface area contributed by atoms with Crippen LogP contribution in [-0.2, 0) is 25.0 Å². The Hall–Kier alpha value is -2.90. The van der Waals surface area contributed by atoms with Gasteiger partial charge in [0.05, 0.1) is 16.3 Å². The van der Waals surface area contributed by atoms with E-state index < -0.39 is 38.5 Å². The van der Waals surface area contributed by atoms with Gasteiger partial charge in [0.25, 0.3) is 10.0 Å². The van der Waals surface area contributed by atoms with Crippen molar-refractivity contribution in [3.05, 3.63) is 82.6 Å². The highest BCUT2D eigenvalue weighted by Crippen LogP contribution is 2.25. The monoisotopic (exact) mass is 574 g/mol. The van der Waals surface area contributed by atoms with Crippen LogP contribution in [0.15, 0.2) is 71.6 Å². The third-order valence-corrected chi connectivity index (χ3v) is 8.36. The van der Waals surface area contributed by atoms with Crippen LogP contribution >= 0.6 is 23.2 Å². The lowest BCUT2D eigenvalue weighted by molar-refractivity contribution is -0.114. The fourth-order valence-electron chi connectivity index (χ4n) is 2.99. The summed E-state index contributed by atoms with van der Waals surface area (Å²) in [4.78, 5) is 12.6. The van der Waals surface area contributed by atoms with E-state index in [2.05, 4.69) is 10.0 Å². The van der Waals surface area contributed by atoms with Gasteiger partial charge < -0.3 is 5.32 Å². The van der Waals surface area contributed by atoms with E-state index in [4.69, 9.17) is 23.2 Å². The second kappa shape index (κ2) is 11.0. The van der Waals surface area contributed by atoms with E-state index in [-0.39, 0.29) is 32.0 Å². The maximum atomic E-state index is 13.3. The maximum absolute atomic E-state index is 13.3. The molecule has 2 N–H and O–H groups in total. The summed E-state index contributed by atoms with van der Waals surface area (Å²) in [6.45, 7) is -0.608. The fourth-order valence-corrected chi connectivity index (χ4v) is 5.61. The number of nitrogens with zero attached hydrogens (tertiary/aromatic N) is 2. The van der Waals surface area contributed by atoms with Crippen LogP contribution in [0.5, 0.6) is 0 Å². The molecule has 3 aromatic carbocycles. The third kappa shape index (κ3) is 6.86. The van der Waals surface area contributed by atoms with E-state index in [1.54, 1.807) is 0 Å². The van der Waals surface area contributed by atoms with Crippen molar-refractivity contribution < 1.29 is 26.0 Å². The molecule has 0 aliphatic carbocycles. The number of carbonyl (C=O) groups excluding carboxylic acids is 1. The summed E-state index contributed by atoms with van der Waals surface area (Å²) < 4.78 is 68.2. The Morgan fingerprint density at radius 1 is 0.861 bits per heavy atom. The number of benzene rings is 3. The van der Waals surface area contributed by atoms with Crippen LogP contribution < -0.4 is 14.3 Å². The molecular weight excluding hydrogens is 554 g/mol. The molecule has 0 aliphatic rings. The first-order chi connectivity index (χ1) is 16.8. The summed E-state index contributed by atoms with van der Waals surface area (Å²) in [5.41, 5.74) is 0.493. The molecule has 0 aromatic heterocycles. The van der Waals surface area contributed by atoms with Crippen molar-refractivity contribution in [3.63, 3.8) is 0 Å². The molecule has 0 bridgehead atoms. The molecule has 36 heavy (non-hydrogen) atoms. The van der Waals surface area contributed by atoms with E-state index in [9.17, 15) is 26.0 Å². The van der Waals surface area contributed by atoms with Gasteiger partial charge >= 0.3 is 10.2 Å². The minimum Gasteiger partial charge on any atom is -0.325 e. The van der Waals surface area contributed by atoms with Crippen molar-refractivity contribution in [2.75, 3.05) is 35.0 Å². The van der Waals surface area contributed by atoms with Crippen LogP contribution in [0.3, 0.4) is 0 Å². The van der Waals surface area contributed by atoms with Gasteiger partial charge in [-0.1, -0.05) is 23.2 Å². The summed E-state index contributed by atoms with van der Waals surface area (Å²) >= 11 is 11.8. The predicted molar refractivity (Wildman–Crippen MR) is 139 cm³/mol. The average molecular weight is 575 g/mol. The number of nitrogens with one attached hydrogen (secondary N) is 2. The Bertz CT molecular complexity index is 1450. The highest BCUT2D eigenvalue weighted by Gasteiger charge is 2.27. The molecule has 0 unspecified atom stereocenters. The van der Waals surface area contributed by atoms with Crippen LogP contribution in [0.25, 0.3) is 0 Å². The molecular formula is C22H21Cl2FN4O5S2. The lowest BCUT2D eigenvalue weighted by Crippen LogP contribution is -2.44. The van der Waals surface area contributed by atoms with Crippen molar-refractivity contribution in [3.8, 4) is 0 Å². The zero-order valence-electron chi connectivity index (χ0n) is 18.9. The number of halogens is 3. The Balaban J connectivity index is 1.75. The van der Waals surface area contributed by atoms with Crippen LogP contribution in [0.4, 0.5) is 21.5 Å². The second-order valence-electron chi connectivity index (χ2n) is 7.61. The average Bonchev–Trinajstić information content (AvgIpc) is 2.77. The minimum absolute atomic E-state index is 0.0916. The zero-order valence-corrected chi connectivity index (χ0v) is 22.1. The minimum atomic E-state index is -4.08. The van der Waals surface area contributed by atoms with Gasteiger partial charge in [0.2, 0.25) is 5.91 Å². The first-order valence-corrected chi connectivity index (χ1v) is 13.8. The molecule has 192 valence electrons. The molecule has 0 fully saturated rings. The molecule has 0 radical (unpaired) electrons. The van der Waals surface area contributed by atoms with Crippen molar-refractivity contribution in [2.24, 2.45) is 0 Å². The van der Waals surface area contributed by atoms with Crippen molar-refractivity contribution in [1.82, 2.24) is 4.31 Å². The summed E-state index contributed by atoms with van der Waals surface area (Å²) in [5.74, 6) is -1.26. The number of rotatable bonds is 9. The smallest absolute Gasteiger partial charge is 0.304 e. The summed E-state index contributed by atoms with van der Waals surface area (Å²) in [6.07, 6.45) is 0. The Labute approximate surface area is 218 Å². The molecule has 0 atom stereocenters. The quantitative estimate of drug-likeness (QED) is 0.397. The van der Waals surface area contributed by atoms with E-state index in [0.29, 0.717) is 0 Å². The Morgan fingerprint density at radius 3 is 1.94 bits per heavy atom. The number of hydrogen-bond acceptors (Lipinski definition) is 5. The predicted octanol–water partition coefficient (Wildman–Crippen LogP) is 4.18. The van der Waals surface area contributed by atoms with Gasteiger partial charge in [-0.15, -0.1) is 0 Å². The molecule has 0 saturated carbocycles. The normalized spacial score (nSPS) is 11.8. The maximum Gasteiger partial charge on any atom is 0.304 e.